The molecule has 9 heteroatoms. The summed E-state index contributed by atoms with van der Waals surface area (Å²) in [7, 11) is 0. The van der Waals surface area contributed by atoms with E-state index in [0.717, 1.165) is 11.1 Å². The minimum atomic E-state index is -0.525. The van der Waals surface area contributed by atoms with E-state index in [1.165, 1.54) is 11.3 Å². The van der Waals surface area contributed by atoms with Gasteiger partial charge in [0.25, 0.3) is 11.8 Å². The highest BCUT2D eigenvalue weighted by atomic mass is 35.5. The maximum atomic E-state index is 12.2. The molecule has 0 saturated heterocycles. The fourth-order valence-corrected chi connectivity index (χ4v) is 3.70. The molecule has 7 nitrogen and oxygen atoms in total. The largest absolute Gasteiger partial charge is 0.484 e. The van der Waals surface area contributed by atoms with Gasteiger partial charge in [-0.3, -0.25) is 14.9 Å². The van der Waals surface area contributed by atoms with Crippen molar-refractivity contribution in [2.45, 2.75) is 20.0 Å². The second-order valence-corrected chi connectivity index (χ2v) is 8.01. The normalized spacial score (nSPS) is 15.0. The molecule has 1 aliphatic rings. The molecule has 0 aliphatic carbocycles. The molecular formula is C21H18ClN3O4S. The summed E-state index contributed by atoms with van der Waals surface area (Å²) in [5.74, 6) is 0.675. The van der Waals surface area contributed by atoms with Crippen LogP contribution in [0.15, 0.2) is 41.8 Å². The van der Waals surface area contributed by atoms with Gasteiger partial charge >= 0.3 is 0 Å². The molecule has 1 aromatic heterocycles. The molecule has 0 spiro atoms. The number of aromatic nitrogens is 1. The van der Waals surface area contributed by atoms with Crippen molar-refractivity contribution >= 4 is 45.6 Å². The molecule has 1 aliphatic heterocycles. The van der Waals surface area contributed by atoms with Crippen molar-refractivity contribution in [3.63, 3.8) is 0 Å². The number of carbonyl (C=O) groups excluding carboxylic acids is 2. The Kier molecular flexibility index (Phi) is 5.61. The number of aryl methyl sites for hydroxylation is 1. The van der Waals surface area contributed by atoms with Gasteiger partial charge in [0.05, 0.1) is 11.4 Å². The highest BCUT2D eigenvalue weighted by molar-refractivity contribution is 7.14. The van der Waals surface area contributed by atoms with Crippen LogP contribution < -0.4 is 20.1 Å². The van der Waals surface area contributed by atoms with Crippen molar-refractivity contribution in [3.05, 3.63) is 52.4 Å². The maximum Gasteiger partial charge on any atom is 0.265 e. The molecule has 2 heterocycles. The number of hydrogen-bond donors (Lipinski definition) is 2. The van der Waals surface area contributed by atoms with Gasteiger partial charge < -0.3 is 14.8 Å². The highest BCUT2D eigenvalue weighted by Gasteiger charge is 2.24. The van der Waals surface area contributed by atoms with E-state index in [4.69, 9.17) is 21.1 Å². The number of halogens is 1. The first-order chi connectivity index (χ1) is 14.4. The van der Waals surface area contributed by atoms with Crippen molar-refractivity contribution in [1.29, 1.82) is 0 Å². The van der Waals surface area contributed by atoms with Gasteiger partial charge in [-0.1, -0.05) is 11.6 Å². The van der Waals surface area contributed by atoms with Crippen LogP contribution in [0.5, 0.6) is 11.5 Å². The van der Waals surface area contributed by atoms with Crippen LogP contribution in [0, 0.1) is 6.92 Å². The summed E-state index contributed by atoms with van der Waals surface area (Å²) < 4.78 is 11.1. The number of carbonyl (C=O) groups is 2. The number of fused-ring (bicyclic) bond motifs is 1. The van der Waals surface area contributed by atoms with E-state index in [0.29, 0.717) is 33.0 Å². The SMILES string of the molecule is Cc1cc(OCC(=O)Nc2nc(-c3ccc4c(c3)NC(=O)C(C)O4)cs2)ccc1Cl. The van der Waals surface area contributed by atoms with Crippen LogP contribution in [0.3, 0.4) is 0 Å². The summed E-state index contributed by atoms with van der Waals surface area (Å²) in [5.41, 5.74) is 2.96. The number of amides is 2. The Morgan fingerprint density at radius 1 is 1.33 bits per heavy atom. The van der Waals surface area contributed by atoms with Gasteiger partial charge in [0.1, 0.15) is 11.5 Å². The quantitative estimate of drug-likeness (QED) is 0.605. The average molecular weight is 444 g/mol. The van der Waals surface area contributed by atoms with Gasteiger partial charge in [0, 0.05) is 16.0 Å². The molecule has 0 fully saturated rings. The van der Waals surface area contributed by atoms with Gasteiger partial charge in [-0.05, 0) is 55.8 Å². The number of thiazole rings is 1. The standard InChI is InChI=1S/C21H18ClN3O4S/c1-11-7-14(4-5-15(11)22)28-9-19(26)25-21-24-17(10-30-21)13-3-6-18-16(8-13)23-20(27)12(2)29-18/h3-8,10,12H,9H2,1-2H3,(H,23,27)(H,24,25,26). The Morgan fingerprint density at radius 3 is 2.97 bits per heavy atom. The van der Waals surface area contributed by atoms with Gasteiger partial charge in [0.15, 0.2) is 17.8 Å². The second-order valence-electron chi connectivity index (χ2n) is 6.75. The van der Waals surface area contributed by atoms with Crippen molar-refractivity contribution in [2.75, 3.05) is 17.2 Å². The van der Waals surface area contributed by atoms with E-state index >= 15 is 0 Å². The molecule has 0 saturated carbocycles. The fraction of sp³-hybridized carbons (Fsp3) is 0.190. The zero-order valence-corrected chi connectivity index (χ0v) is 17.8. The first-order valence-corrected chi connectivity index (χ1v) is 10.4. The predicted molar refractivity (Wildman–Crippen MR) is 117 cm³/mol. The van der Waals surface area contributed by atoms with Crippen LogP contribution in [-0.4, -0.2) is 29.5 Å². The van der Waals surface area contributed by atoms with Crippen LogP contribution >= 0.6 is 22.9 Å². The molecule has 0 bridgehead atoms. The molecule has 2 aromatic carbocycles. The Morgan fingerprint density at radius 2 is 2.17 bits per heavy atom. The lowest BCUT2D eigenvalue weighted by Gasteiger charge is -2.23. The van der Waals surface area contributed by atoms with Gasteiger partial charge in [-0.15, -0.1) is 11.3 Å². The van der Waals surface area contributed by atoms with E-state index in [-0.39, 0.29) is 18.4 Å². The van der Waals surface area contributed by atoms with Crippen LogP contribution in [0.2, 0.25) is 5.02 Å². The van der Waals surface area contributed by atoms with E-state index in [1.807, 2.05) is 18.4 Å². The molecule has 30 heavy (non-hydrogen) atoms. The molecule has 1 unspecified atom stereocenters. The lowest BCUT2D eigenvalue weighted by Crippen LogP contribution is -2.34. The Balaban J connectivity index is 1.39. The third-order valence-corrected chi connectivity index (χ3v) is 5.64. The molecule has 2 amide bonds. The van der Waals surface area contributed by atoms with Crippen LogP contribution in [0.1, 0.15) is 12.5 Å². The molecule has 2 N–H and O–H groups in total. The summed E-state index contributed by atoms with van der Waals surface area (Å²) in [6, 6.07) is 10.7. The molecule has 1 atom stereocenters. The first-order valence-electron chi connectivity index (χ1n) is 9.15. The summed E-state index contributed by atoms with van der Waals surface area (Å²) in [4.78, 5) is 28.4. The lowest BCUT2D eigenvalue weighted by molar-refractivity contribution is -0.122. The molecule has 3 aromatic rings. The van der Waals surface area contributed by atoms with E-state index in [2.05, 4.69) is 15.6 Å². The van der Waals surface area contributed by atoms with E-state index in [9.17, 15) is 9.59 Å². The van der Waals surface area contributed by atoms with Crippen molar-refractivity contribution in [2.24, 2.45) is 0 Å². The smallest absolute Gasteiger partial charge is 0.265 e. The molecule has 154 valence electrons. The van der Waals surface area contributed by atoms with E-state index in [1.54, 1.807) is 37.3 Å². The van der Waals surface area contributed by atoms with Crippen LogP contribution in [-0.2, 0) is 9.59 Å². The Bertz CT molecular complexity index is 1130. The first kappa shape index (κ1) is 20.2. The van der Waals surface area contributed by atoms with Crippen molar-refractivity contribution in [1.82, 2.24) is 4.98 Å². The monoisotopic (exact) mass is 443 g/mol. The van der Waals surface area contributed by atoms with Gasteiger partial charge in [0.2, 0.25) is 0 Å². The second kappa shape index (κ2) is 8.33. The lowest BCUT2D eigenvalue weighted by atomic mass is 10.1. The highest BCUT2D eigenvalue weighted by Crippen LogP contribution is 2.35. The van der Waals surface area contributed by atoms with Gasteiger partial charge in [-0.2, -0.15) is 0 Å². The average Bonchev–Trinajstić information content (AvgIpc) is 3.18. The zero-order valence-electron chi connectivity index (χ0n) is 16.2. The number of benzene rings is 2. The zero-order chi connectivity index (χ0) is 21.3. The molecule has 0 radical (unpaired) electrons. The number of anilines is 2. The predicted octanol–water partition coefficient (Wildman–Crippen LogP) is 4.51. The minimum Gasteiger partial charge on any atom is -0.484 e. The third-order valence-electron chi connectivity index (χ3n) is 4.46. The summed E-state index contributed by atoms with van der Waals surface area (Å²) in [5, 5.41) is 8.47. The molecular weight excluding hydrogens is 426 g/mol. The van der Waals surface area contributed by atoms with Gasteiger partial charge in [-0.25, -0.2) is 4.98 Å². The van der Waals surface area contributed by atoms with Crippen molar-refractivity contribution < 1.29 is 19.1 Å². The van der Waals surface area contributed by atoms with Crippen LogP contribution in [0.25, 0.3) is 11.3 Å². The summed E-state index contributed by atoms with van der Waals surface area (Å²) in [6.45, 7) is 3.42. The summed E-state index contributed by atoms with van der Waals surface area (Å²) in [6.07, 6.45) is -0.525. The number of hydrogen-bond acceptors (Lipinski definition) is 6. The van der Waals surface area contributed by atoms with Crippen LogP contribution in [0.4, 0.5) is 10.8 Å². The Hall–Kier alpha value is -3.10. The Labute approximate surface area is 182 Å². The summed E-state index contributed by atoms with van der Waals surface area (Å²) >= 11 is 7.29. The van der Waals surface area contributed by atoms with E-state index < -0.39 is 6.10 Å². The van der Waals surface area contributed by atoms with Crippen molar-refractivity contribution in [3.8, 4) is 22.8 Å². The number of nitrogens with one attached hydrogen (secondary N) is 2. The third kappa shape index (κ3) is 4.39. The number of ether oxygens (including phenoxy) is 2. The topological polar surface area (TPSA) is 89.5 Å². The maximum absolute atomic E-state index is 12.2. The fourth-order valence-electron chi connectivity index (χ4n) is 2.84. The number of nitrogens with zero attached hydrogens (tertiary/aromatic N) is 1. The number of rotatable bonds is 5. The molecule has 4 rings (SSSR count). The minimum absolute atomic E-state index is 0.142.